The van der Waals surface area contributed by atoms with Crippen LogP contribution in [-0.4, -0.2) is 30.8 Å². The Balaban J connectivity index is 2.09. The molecular weight excluding hydrogens is 248 g/mol. The minimum Gasteiger partial charge on any atom is -0.497 e. The molecule has 0 bridgehead atoms. The van der Waals surface area contributed by atoms with E-state index < -0.39 is 0 Å². The van der Waals surface area contributed by atoms with Crippen LogP contribution < -0.4 is 15.0 Å². The summed E-state index contributed by atoms with van der Waals surface area (Å²) in [7, 11) is 5.57. The van der Waals surface area contributed by atoms with E-state index in [2.05, 4.69) is 19.8 Å². The molecule has 0 aliphatic carbocycles. The van der Waals surface area contributed by atoms with Gasteiger partial charge in [0.05, 0.1) is 13.7 Å². The molecule has 6 heteroatoms. The highest BCUT2D eigenvalue weighted by atomic mass is 32.1. The summed E-state index contributed by atoms with van der Waals surface area (Å²) in [6, 6.07) is 7.95. The second kappa shape index (κ2) is 5.68. The van der Waals surface area contributed by atoms with Crippen molar-refractivity contribution >= 4 is 22.2 Å². The van der Waals surface area contributed by atoms with Crippen LogP contribution in [0.5, 0.6) is 5.75 Å². The molecule has 1 N–H and O–H groups in total. The maximum absolute atomic E-state index is 5.14. The summed E-state index contributed by atoms with van der Waals surface area (Å²) in [4.78, 5) is 2.12. The Morgan fingerprint density at radius 3 is 2.67 bits per heavy atom. The molecule has 96 valence electrons. The Morgan fingerprint density at radius 1 is 1.33 bits per heavy atom. The number of hydrogen-bond donors (Lipinski definition) is 1. The van der Waals surface area contributed by atoms with Gasteiger partial charge in [0.2, 0.25) is 0 Å². The van der Waals surface area contributed by atoms with Gasteiger partial charge in [0, 0.05) is 31.3 Å². The number of nitrogens with one attached hydrogen (secondary N) is 1. The summed E-state index contributed by atoms with van der Waals surface area (Å²) in [6.07, 6.45) is 0. The standard InChI is InChI=1S/C12H16N4OS/c1-13-12-11(14-15-18-12)8-16(2)9-4-6-10(17-3)7-5-9/h4-7,13H,8H2,1-3H3. The van der Waals surface area contributed by atoms with Crippen molar-refractivity contribution in [3.05, 3.63) is 30.0 Å². The molecule has 2 aromatic rings. The quantitative estimate of drug-likeness (QED) is 0.897. The number of rotatable bonds is 5. The summed E-state index contributed by atoms with van der Waals surface area (Å²) in [5, 5.41) is 8.23. The third-order valence-electron chi connectivity index (χ3n) is 2.68. The van der Waals surface area contributed by atoms with E-state index in [1.165, 1.54) is 11.5 Å². The Morgan fingerprint density at radius 2 is 2.06 bits per heavy atom. The maximum Gasteiger partial charge on any atom is 0.134 e. The van der Waals surface area contributed by atoms with Crippen molar-refractivity contribution in [3.63, 3.8) is 0 Å². The van der Waals surface area contributed by atoms with E-state index in [1.54, 1.807) is 7.11 Å². The van der Waals surface area contributed by atoms with Gasteiger partial charge in [0.1, 0.15) is 16.4 Å². The SMILES string of the molecule is CNc1snnc1CN(C)c1ccc(OC)cc1. The van der Waals surface area contributed by atoms with Crippen LogP contribution in [0.4, 0.5) is 10.7 Å². The van der Waals surface area contributed by atoms with Crippen molar-refractivity contribution in [2.24, 2.45) is 0 Å². The molecule has 0 atom stereocenters. The van der Waals surface area contributed by atoms with Crippen LogP contribution in [0.3, 0.4) is 0 Å². The minimum absolute atomic E-state index is 0.721. The van der Waals surface area contributed by atoms with Crippen molar-refractivity contribution in [1.29, 1.82) is 0 Å². The fraction of sp³-hybridized carbons (Fsp3) is 0.333. The molecule has 0 saturated carbocycles. The Labute approximate surface area is 111 Å². The average molecular weight is 264 g/mol. The van der Waals surface area contributed by atoms with Gasteiger partial charge < -0.3 is 15.0 Å². The Hall–Kier alpha value is -1.82. The van der Waals surface area contributed by atoms with Crippen LogP contribution >= 0.6 is 11.5 Å². The second-order valence-corrected chi connectivity index (χ2v) is 4.61. The van der Waals surface area contributed by atoms with E-state index in [0.717, 1.165) is 28.7 Å². The van der Waals surface area contributed by atoms with Crippen molar-refractivity contribution < 1.29 is 4.74 Å². The molecule has 1 aromatic carbocycles. The van der Waals surface area contributed by atoms with Crippen LogP contribution in [-0.2, 0) is 6.54 Å². The Kier molecular flexibility index (Phi) is 3.99. The van der Waals surface area contributed by atoms with Crippen LogP contribution in [0.25, 0.3) is 0 Å². The molecule has 0 unspecified atom stereocenters. The van der Waals surface area contributed by atoms with Gasteiger partial charge in [-0.05, 0) is 24.3 Å². The lowest BCUT2D eigenvalue weighted by molar-refractivity contribution is 0.415. The van der Waals surface area contributed by atoms with Crippen LogP contribution in [0.15, 0.2) is 24.3 Å². The summed E-state index contributed by atoms with van der Waals surface area (Å²) in [5.41, 5.74) is 2.08. The predicted octanol–water partition coefficient (Wildman–Crippen LogP) is 2.22. The van der Waals surface area contributed by atoms with E-state index in [1.807, 2.05) is 38.4 Å². The van der Waals surface area contributed by atoms with Crippen LogP contribution in [0.1, 0.15) is 5.69 Å². The molecule has 0 radical (unpaired) electrons. The van der Waals surface area contributed by atoms with Gasteiger partial charge in [-0.25, -0.2) is 0 Å². The van der Waals surface area contributed by atoms with E-state index in [9.17, 15) is 0 Å². The molecule has 18 heavy (non-hydrogen) atoms. The van der Waals surface area contributed by atoms with Gasteiger partial charge in [0.15, 0.2) is 0 Å². The van der Waals surface area contributed by atoms with Gasteiger partial charge >= 0.3 is 0 Å². The average Bonchev–Trinajstić information content (AvgIpc) is 2.86. The zero-order chi connectivity index (χ0) is 13.0. The van der Waals surface area contributed by atoms with Crippen LogP contribution in [0, 0.1) is 0 Å². The largest absolute Gasteiger partial charge is 0.497 e. The molecule has 0 saturated heterocycles. The van der Waals surface area contributed by atoms with Gasteiger partial charge in [-0.3, -0.25) is 0 Å². The van der Waals surface area contributed by atoms with Gasteiger partial charge in [-0.15, -0.1) is 5.10 Å². The number of aromatic nitrogens is 2. The molecule has 5 nitrogen and oxygen atoms in total. The van der Waals surface area contributed by atoms with Crippen LogP contribution in [0.2, 0.25) is 0 Å². The topological polar surface area (TPSA) is 50.3 Å². The maximum atomic E-state index is 5.14. The fourth-order valence-electron chi connectivity index (χ4n) is 1.65. The summed E-state index contributed by atoms with van der Waals surface area (Å²) in [6.45, 7) is 0.721. The van der Waals surface area contributed by atoms with E-state index in [-0.39, 0.29) is 0 Å². The first kappa shape index (κ1) is 12.6. The van der Waals surface area contributed by atoms with Gasteiger partial charge in [-0.1, -0.05) is 4.49 Å². The fourth-order valence-corrected chi connectivity index (χ4v) is 2.18. The van der Waals surface area contributed by atoms with E-state index in [0.29, 0.717) is 0 Å². The molecule has 0 aliphatic heterocycles. The van der Waals surface area contributed by atoms with E-state index in [4.69, 9.17) is 4.74 Å². The first-order valence-corrected chi connectivity index (χ1v) is 6.36. The van der Waals surface area contributed by atoms with Gasteiger partial charge in [-0.2, -0.15) is 0 Å². The molecule has 0 amide bonds. The summed E-state index contributed by atoms with van der Waals surface area (Å²) >= 11 is 1.37. The number of anilines is 2. The first-order valence-electron chi connectivity index (χ1n) is 5.58. The number of benzene rings is 1. The number of hydrogen-bond acceptors (Lipinski definition) is 6. The van der Waals surface area contributed by atoms with Crippen molar-refractivity contribution in [2.75, 3.05) is 31.4 Å². The van der Waals surface area contributed by atoms with E-state index >= 15 is 0 Å². The lowest BCUT2D eigenvalue weighted by Gasteiger charge is -2.18. The first-order chi connectivity index (χ1) is 8.74. The third-order valence-corrected chi connectivity index (χ3v) is 3.47. The summed E-state index contributed by atoms with van der Waals surface area (Å²) in [5.74, 6) is 0.860. The number of ether oxygens (including phenoxy) is 1. The molecule has 1 aromatic heterocycles. The molecule has 1 heterocycles. The van der Waals surface area contributed by atoms with Crippen molar-refractivity contribution in [3.8, 4) is 5.75 Å². The number of nitrogens with zero attached hydrogens (tertiary/aromatic N) is 3. The highest BCUT2D eigenvalue weighted by Gasteiger charge is 2.09. The normalized spacial score (nSPS) is 10.2. The van der Waals surface area contributed by atoms with Gasteiger partial charge in [0.25, 0.3) is 0 Å². The van der Waals surface area contributed by atoms with Crippen molar-refractivity contribution in [2.45, 2.75) is 6.54 Å². The van der Waals surface area contributed by atoms with Crippen molar-refractivity contribution in [1.82, 2.24) is 9.59 Å². The Bertz CT molecular complexity index is 497. The zero-order valence-corrected chi connectivity index (χ0v) is 11.5. The molecule has 0 aliphatic rings. The molecule has 0 spiro atoms. The highest BCUT2D eigenvalue weighted by molar-refractivity contribution is 7.10. The number of methoxy groups -OCH3 is 1. The lowest BCUT2D eigenvalue weighted by atomic mass is 10.2. The third kappa shape index (κ3) is 2.70. The smallest absolute Gasteiger partial charge is 0.134 e. The molecular formula is C12H16N4OS. The lowest BCUT2D eigenvalue weighted by Crippen LogP contribution is -2.17. The monoisotopic (exact) mass is 264 g/mol. The highest BCUT2D eigenvalue weighted by Crippen LogP contribution is 2.22. The zero-order valence-electron chi connectivity index (χ0n) is 10.7. The molecule has 0 fully saturated rings. The predicted molar refractivity (Wildman–Crippen MR) is 74.6 cm³/mol. The molecule has 2 rings (SSSR count). The second-order valence-electron chi connectivity index (χ2n) is 3.85. The minimum atomic E-state index is 0.721. The summed E-state index contributed by atoms with van der Waals surface area (Å²) < 4.78 is 9.09.